The molecule has 302 valence electrons. The highest BCUT2D eigenvalue weighted by Crippen LogP contribution is 2.19. The normalized spacial score (nSPS) is 15.1. The van der Waals surface area contributed by atoms with Crippen molar-refractivity contribution < 1.29 is 23.9 Å². The third-order valence-corrected chi connectivity index (χ3v) is 10.1. The number of carbonyl (C=O) groups excluding carboxylic acids is 3. The number of thiol groups is 1. The number of hydrogen-bond acceptors (Lipinski definition) is 9. The van der Waals surface area contributed by atoms with Gasteiger partial charge in [-0.15, -0.1) is 0 Å². The van der Waals surface area contributed by atoms with Crippen LogP contribution in [0.5, 0.6) is 11.5 Å². The molecule has 3 aromatic carbocycles. The molecule has 0 aliphatic carbocycles. The Kier molecular flexibility index (Phi) is 17.9. The molecule has 12 heteroatoms. The third-order valence-electron chi connectivity index (χ3n) is 9.69. The lowest BCUT2D eigenvalue weighted by atomic mass is 9.99. The number of aromatic nitrogens is 1. The minimum absolute atomic E-state index is 0.0509. The van der Waals surface area contributed by atoms with Gasteiger partial charge in [-0.25, -0.2) is 5.43 Å². The smallest absolute Gasteiger partial charge is 0.263 e. The van der Waals surface area contributed by atoms with Crippen LogP contribution in [0.15, 0.2) is 90.0 Å². The lowest BCUT2D eigenvalue weighted by Crippen LogP contribution is -2.50. The number of pyridine rings is 1. The fourth-order valence-corrected chi connectivity index (χ4v) is 6.85. The summed E-state index contributed by atoms with van der Waals surface area (Å²) in [6.45, 7) is 0.738. The first-order chi connectivity index (χ1) is 27.9. The van der Waals surface area contributed by atoms with E-state index in [2.05, 4.69) is 119 Å². The molecule has 5 N–H and O–H groups in total. The zero-order valence-corrected chi connectivity index (χ0v) is 33.6. The number of ether oxygens (including phenoxy) is 2. The van der Waals surface area contributed by atoms with E-state index in [1.54, 1.807) is 6.21 Å². The first-order valence-corrected chi connectivity index (χ1v) is 20.7. The lowest BCUT2D eigenvalue weighted by Gasteiger charge is -2.15. The van der Waals surface area contributed by atoms with E-state index in [-0.39, 0.29) is 18.8 Å². The highest BCUT2D eigenvalue weighted by atomic mass is 32.1. The first-order valence-electron chi connectivity index (χ1n) is 20.1. The fourth-order valence-electron chi connectivity index (χ4n) is 6.60. The second-order valence-corrected chi connectivity index (χ2v) is 14.7. The molecule has 0 radical (unpaired) electrons. The average molecular weight is 793 g/mol. The Bertz CT molecular complexity index is 1810. The van der Waals surface area contributed by atoms with E-state index in [9.17, 15) is 14.4 Å². The van der Waals surface area contributed by atoms with Crippen LogP contribution < -0.4 is 31.3 Å². The summed E-state index contributed by atoms with van der Waals surface area (Å²) in [5.74, 6) is 0.296. The molecule has 1 aromatic heterocycles. The second-order valence-electron chi connectivity index (χ2n) is 14.3. The van der Waals surface area contributed by atoms with Gasteiger partial charge in [0.25, 0.3) is 5.91 Å². The Labute approximate surface area is 342 Å². The first kappa shape index (κ1) is 42.9. The van der Waals surface area contributed by atoms with Crippen LogP contribution in [-0.4, -0.2) is 67.0 Å². The lowest BCUT2D eigenvalue weighted by molar-refractivity contribution is -0.129. The molecule has 0 fully saturated rings. The van der Waals surface area contributed by atoms with Crippen molar-refractivity contribution in [2.45, 2.75) is 83.1 Å². The molecular weight excluding hydrogens is 737 g/mol. The molecule has 3 amide bonds. The van der Waals surface area contributed by atoms with Crippen molar-refractivity contribution in [1.29, 1.82) is 0 Å². The Morgan fingerprint density at radius 2 is 1.25 bits per heavy atom. The minimum Gasteiger partial charge on any atom is -0.494 e. The molecule has 4 aliphatic rings. The van der Waals surface area contributed by atoms with Crippen LogP contribution in [0.4, 0.5) is 0 Å². The molecule has 0 saturated heterocycles. The van der Waals surface area contributed by atoms with Crippen LogP contribution >= 0.6 is 12.6 Å². The molecule has 0 spiro atoms. The van der Waals surface area contributed by atoms with Gasteiger partial charge in [0.1, 0.15) is 17.5 Å². The SMILES string of the molecule is NCC(=O)NCC(=O)N[C@@H](CS)C(=O)N/N=C/c1cc2cc(c1)CCCCOc1ccc(cc1)CCCc1cccc(n1)CCCc1ccc(cc1)OCCCC2. The highest BCUT2D eigenvalue weighted by molar-refractivity contribution is 7.80. The Morgan fingerprint density at radius 3 is 1.77 bits per heavy atom. The highest BCUT2D eigenvalue weighted by Gasteiger charge is 2.19. The number of benzene rings is 3. The van der Waals surface area contributed by atoms with Crippen molar-refractivity contribution in [2.24, 2.45) is 10.8 Å². The molecule has 1 atom stereocenters. The van der Waals surface area contributed by atoms with E-state index in [0.29, 0.717) is 13.2 Å². The van der Waals surface area contributed by atoms with Gasteiger partial charge >= 0.3 is 0 Å². The van der Waals surface area contributed by atoms with Gasteiger partial charge in [0.05, 0.1) is 32.5 Å². The number of nitrogens with zero attached hydrogens (tertiary/aromatic N) is 2. The molecule has 0 saturated carbocycles. The molecule has 8 bridgehead atoms. The molecule has 57 heavy (non-hydrogen) atoms. The summed E-state index contributed by atoms with van der Waals surface area (Å²) in [7, 11) is 0. The van der Waals surface area contributed by atoms with Gasteiger partial charge in [-0.05, 0) is 141 Å². The standard InChI is InChI=1S/C45H56N6O5S/c46-29-43(52)47-31-44(53)50-42(32-57)45(54)51-48-30-37-27-35-8-1-3-24-55-40-20-16-33(17-21-40)10-5-12-38-14-7-15-39(49-38)13-6-11-34-18-22-41(23-19-34)56-25-4-2-9-36(26-35)28-37/h7,14-23,26-28,30,42,57H,1-6,8-13,24-25,29,31-32,46H2,(H,47,52)(H,50,53)(H,51,54)/b48-30+/t42-/m0/s1. The van der Waals surface area contributed by atoms with Gasteiger partial charge in [-0.3, -0.25) is 19.4 Å². The number of hydrazone groups is 1. The zero-order valence-electron chi connectivity index (χ0n) is 32.7. The maximum absolute atomic E-state index is 12.8. The summed E-state index contributed by atoms with van der Waals surface area (Å²) in [4.78, 5) is 41.3. The van der Waals surface area contributed by atoms with Gasteiger partial charge in [0.2, 0.25) is 11.8 Å². The third kappa shape index (κ3) is 15.7. The van der Waals surface area contributed by atoms with Gasteiger partial charge in [-0.2, -0.15) is 17.7 Å². The van der Waals surface area contributed by atoms with E-state index < -0.39 is 23.8 Å². The Hall–Kier alpha value is -5.20. The van der Waals surface area contributed by atoms with Crippen LogP contribution in [0.25, 0.3) is 0 Å². The van der Waals surface area contributed by atoms with Crippen LogP contribution in [0.1, 0.15) is 77.7 Å². The van der Waals surface area contributed by atoms with E-state index in [1.165, 1.54) is 22.3 Å². The van der Waals surface area contributed by atoms with Gasteiger partial charge in [0, 0.05) is 17.1 Å². The zero-order chi connectivity index (χ0) is 40.1. The minimum atomic E-state index is -0.935. The molecule has 8 rings (SSSR count). The number of nitrogens with two attached hydrogens (primary N) is 1. The molecule has 0 unspecified atom stereocenters. The van der Waals surface area contributed by atoms with E-state index in [0.717, 1.165) is 106 Å². The number of rotatable bonds is 8. The fraction of sp³-hybridized carbons (Fsp3) is 0.400. The molecule has 11 nitrogen and oxygen atoms in total. The predicted molar refractivity (Wildman–Crippen MR) is 228 cm³/mol. The van der Waals surface area contributed by atoms with E-state index >= 15 is 0 Å². The number of aryl methyl sites for hydroxylation is 6. The number of nitrogens with one attached hydrogen (secondary N) is 3. The van der Waals surface area contributed by atoms with Crippen LogP contribution in [-0.2, 0) is 52.9 Å². The number of amides is 3. The molecular formula is C45H56N6O5S. The van der Waals surface area contributed by atoms with E-state index in [1.807, 2.05) is 0 Å². The van der Waals surface area contributed by atoms with Gasteiger partial charge < -0.3 is 25.8 Å². The second kappa shape index (κ2) is 23.8. The van der Waals surface area contributed by atoms with Crippen molar-refractivity contribution in [3.8, 4) is 11.5 Å². The van der Waals surface area contributed by atoms with Crippen molar-refractivity contribution in [3.63, 3.8) is 0 Å². The summed E-state index contributed by atoms with van der Waals surface area (Å²) < 4.78 is 12.2. The Balaban J connectivity index is 1.20. The van der Waals surface area contributed by atoms with Crippen molar-refractivity contribution in [3.05, 3.63) is 124 Å². The van der Waals surface area contributed by atoms with Gasteiger partial charge in [-0.1, -0.05) is 48.5 Å². The van der Waals surface area contributed by atoms with Crippen LogP contribution in [0, 0.1) is 0 Å². The largest absolute Gasteiger partial charge is 0.494 e. The molecule has 5 heterocycles. The average Bonchev–Trinajstić information content (AvgIpc) is 3.22. The molecule has 4 aromatic rings. The summed E-state index contributed by atoms with van der Waals surface area (Å²) in [5.41, 5.74) is 15.9. The number of carbonyl (C=O) groups is 3. The summed E-state index contributed by atoms with van der Waals surface area (Å²) in [6.07, 6.45) is 13.1. The van der Waals surface area contributed by atoms with Gasteiger partial charge in [0.15, 0.2) is 0 Å². The molecule has 4 aliphatic heterocycles. The monoisotopic (exact) mass is 792 g/mol. The van der Waals surface area contributed by atoms with Crippen molar-refractivity contribution in [2.75, 3.05) is 32.1 Å². The van der Waals surface area contributed by atoms with Crippen molar-refractivity contribution in [1.82, 2.24) is 21.0 Å². The Morgan fingerprint density at radius 1 is 0.702 bits per heavy atom. The summed E-state index contributed by atoms with van der Waals surface area (Å²) in [5, 5.41) is 9.11. The quantitative estimate of drug-likeness (QED) is 0.0898. The maximum atomic E-state index is 12.8. The van der Waals surface area contributed by atoms with Crippen LogP contribution in [0.2, 0.25) is 0 Å². The predicted octanol–water partition coefficient (Wildman–Crippen LogP) is 5.49. The van der Waals surface area contributed by atoms with E-state index in [4.69, 9.17) is 20.2 Å². The van der Waals surface area contributed by atoms with Crippen LogP contribution in [0.3, 0.4) is 0 Å². The number of hydrogen-bond donors (Lipinski definition) is 5. The summed E-state index contributed by atoms with van der Waals surface area (Å²) in [6, 6.07) is 28.8. The van der Waals surface area contributed by atoms with Crippen molar-refractivity contribution >= 4 is 36.6 Å². The topological polar surface area (TPSA) is 157 Å². The summed E-state index contributed by atoms with van der Waals surface area (Å²) >= 11 is 4.20. The maximum Gasteiger partial charge on any atom is 0.263 e.